The van der Waals surface area contributed by atoms with Crippen molar-refractivity contribution in [2.75, 3.05) is 6.61 Å². The lowest BCUT2D eigenvalue weighted by atomic mass is 10.1. The molecule has 0 spiro atoms. The van der Waals surface area contributed by atoms with E-state index in [0.29, 0.717) is 0 Å². The van der Waals surface area contributed by atoms with Gasteiger partial charge >= 0.3 is 0 Å². The second kappa shape index (κ2) is 4.38. The van der Waals surface area contributed by atoms with Crippen LogP contribution in [0, 0.1) is 0 Å². The molecule has 1 aliphatic rings. The van der Waals surface area contributed by atoms with Crippen LogP contribution in [0.3, 0.4) is 0 Å². The summed E-state index contributed by atoms with van der Waals surface area (Å²) < 4.78 is 5.62. The van der Waals surface area contributed by atoms with Gasteiger partial charge in [0.1, 0.15) is 11.1 Å². The minimum absolute atomic E-state index is 0.168. The van der Waals surface area contributed by atoms with E-state index in [-0.39, 0.29) is 6.10 Å². The van der Waals surface area contributed by atoms with Gasteiger partial charge in [-0.2, -0.15) is 0 Å². The summed E-state index contributed by atoms with van der Waals surface area (Å²) in [6, 6.07) is 0. The van der Waals surface area contributed by atoms with Crippen LogP contribution >= 0.6 is 11.3 Å². The molecule has 3 nitrogen and oxygen atoms in total. The van der Waals surface area contributed by atoms with Crippen LogP contribution in [-0.4, -0.2) is 16.7 Å². The first kappa shape index (κ1) is 10.1. The molecule has 1 aliphatic heterocycles. The van der Waals surface area contributed by atoms with Crippen LogP contribution in [-0.2, 0) is 4.74 Å². The van der Waals surface area contributed by atoms with E-state index >= 15 is 0 Å². The Balaban J connectivity index is 2.07. The summed E-state index contributed by atoms with van der Waals surface area (Å²) >= 11 is 1.56. The molecule has 1 saturated heterocycles. The number of aliphatic hydroxyl groups is 1. The SMILES string of the molecule is CC(O)c1cnc(C2CCCCO2)s1. The van der Waals surface area contributed by atoms with Crippen LogP contribution in [0.4, 0.5) is 0 Å². The topological polar surface area (TPSA) is 42.4 Å². The number of nitrogens with zero attached hydrogens (tertiary/aromatic N) is 1. The molecule has 0 amide bonds. The van der Waals surface area contributed by atoms with Gasteiger partial charge in [-0.05, 0) is 26.2 Å². The summed E-state index contributed by atoms with van der Waals surface area (Å²) in [6.45, 7) is 2.60. The Hall–Kier alpha value is -0.450. The third-order valence-corrected chi connectivity index (χ3v) is 3.67. The molecule has 1 aromatic heterocycles. The lowest BCUT2D eigenvalue weighted by Crippen LogP contribution is -2.10. The van der Waals surface area contributed by atoms with Crippen molar-refractivity contribution in [3.05, 3.63) is 16.1 Å². The molecule has 4 heteroatoms. The summed E-state index contributed by atoms with van der Waals surface area (Å²) in [5, 5.41) is 10.4. The predicted octanol–water partition coefficient (Wildman–Crippen LogP) is 2.44. The van der Waals surface area contributed by atoms with Crippen molar-refractivity contribution in [1.29, 1.82) is 0 Å². The molecule has 0 aliphatic carbocycles. The monoisotopic (exact) mass is 213 g/mol. The molecule has 2 rings (SSSR count). The van der Waals surface area contributed by atoms with Crippen molar-refractivity contribution >= 4 is 11.3 Å². The van der Waals surface area contributed by atoms with E-state index in [4.69, 9.17) is 4.74 Å². The average Bonchev–Trinajstić information content (AvgIpc) is 2.68. The molecular weight excluding hydrogens is 198 g/mol. The first-order valence-electron chi connectivity index (χ1n) is 5.02. The van der Waals surface area contributed by atoms with Gasteiger partial charge in [0, 0.05) is 12.8 Å². The van der Waals surface area contributed by atoms with E-state index in [2.05, 4.69) is 4.98 Å². The molecule has 0 saturated carbocycles. The molecular formula is C10H15NO2S. The Labute approximate surface area is 87.7 Å². The van der Waals surface area contributed by atoms with Crippen molar-refractivity contribution in [3.8, 4) is 0 Å². The molecule has 0 radical (unpaired) electrons. The van der Waals surface area contributed by atoms with E-state index in [1.807, 2.05) is 0 Å². The van der Waals surface area contributed by atoms with Crippen molar-refractivity contribution in [3.63, 3.8) is 0 Å². The lowest BCUT2D eigenvalue weighted by molar-refractivity contribution is 0.0148. The number of thiazole rings is 1. The zero-order chi connectivity index (χ0) is 9.97. The summed E-state index contributed by atoms with van der Waals surface area (Å²) in [5.74, 6) is 0. The second-order valence-corrected chi connectivity index (χ2v) is 4.73. The molecule has 0 bridgehead atoms. The Morgan fingerprint density at radius 3 is 3.07 bits per heavy atom. The Bertz CT molecular complexity index is 292. The highest BCUT2D eigenvalue weighted by atomic mass is 32.1. The molecule has 2 atom stereocenters. The fraction of sp³-hybridized carbons (Fsp3) is 0.700. The van der Waals surface area contributed by atoms with Crippen LogP contribution in [0.2, 0.25) is 0 Å². The Morgan fingerprint density at radius 2 is 2.50 bits per heavy atom. The maximum atomic E-state index is 9.37. The van der Waals surface area contributed by atoms with Gasteiger partial charge in [0.05, 0.1) is 11.0 Å². The minimum atomic E-state index is -0.412. The lowest BCUT2D eigenvalue weighted by Gasteiger charge is -2.20. The molecule has 14 heavy (non-hydrogen) atoms. The quantitative estimate of drug-likeness (QED) is 0.820. The van der Waals surface area contributed by atoms with Gasteiger partial charge in [-0.1, -0.05) is 0 Å². The van der Waals surface area contributed by atoms with Gasteiger partial charge in [-0.15, -0.1) is 11.3 Å². The van der Waals surface area contributed by atoms with Gasteiger partial charge in [0.15, 0.2) is 0 Å². The zero-order valence-corrected chi connectivity index (χ0v) is 9.09. The number of rotatable bonds is 2. The van der Waals surface area contributed by atoms with E-state index < -0.39 is 6.10 Å². The van der Waals surface area contributed by atoms with Gasteiger partial charge in [-0.25, -0.2) is 4.98 Å². The summed E-state index contributed by atoms with van der Waals surface area (Å²) in [4.78, 5) is 5.22. The normalized spacial score (nSPS) is 24.9. The van der Waals surface area contributed by atoms with Crippen LogP contribution in [0.1, 0.15) is 48.3 Å². The molecule has 1 aromatic rings. The molecule has 2 heterocycles. The maximum Gasteiger partial charge on any atom is 0.122 e. The zero-order valence-electron chi connectivity index (χ0n) is 8.27. The Morgan fingerprint density at radius 1 is 1.64 bits per heavy atom. The largest absolute Gasteiger partial charge is 0.388 e. The number of aromatic nitrogens is 1. The van der Waals surface area contributed by atoms with Gasteiger partial charge in [0.2, 0.25) is 0 Å². The highest BCUT2D eigenvalue weighted by molar-refractivity contribution is 7.11. The molecule has 1 fully saturated rings. The third kappa shape index (κ3) is 2.13. The van der Waals surface area contributed by atoms with E-state index in [9.17, 15) is 5.11 Å². The molecule has 0 aromatic carbocycles. The van der Waals surface area contributed by atoms with E-state index in [1.165, 1.54) is 6.42 Å². The fourth-order valence-electron chi connectivity index (χ4n) is 1.58. The van der Waals surface area contributed by atoms with Crippen LogP contribution < -0.4 is 0 Å². The van der Waals surface area contributed by atoms with Crippen molar-refractivity contribution < 1.29 is 9.84 Å². The number of aliphatic hydroxyl groups excluding tert-OH is 1. The van der Waals surface area contributed by atoms with Crippen LogP contribution in [0.25, 0.3) is 0 Å². The second-order valence-electron chi connectivity index (χ2n) is 3.63. The average molecular weight is 213 g/mol. The first-order chi connectivity index (χ1) is 6.77. The third-order valence-electron chi connectivity index (χ3n) is 2.41. The van der Waals surface area contributed by atoms with Gasteiger partial charge in [-0.3, -0.25) is 0 Å². The van der Waals surface area contributed by atoms with E-state index in [0.717, 1.165) is 29.3 Å². The van der Waals surface area contributed by atoms with Crippen LogP contribution in [0.15, 0.2) is 6.20 Å². The van der Waals surface area contributed by atoms with Gasteiger partial charge in [0.25, 0.3) is 0 Å². The van der Waals surface area contributed by atoms with Crippen molar-refractivity contribution in [2.24, 2.45) is 0 Å². The number of ether oxygens (including phenoxy) is 1. The highest BCUT2D eigenvalue weighted by Gasteiger charge is 2.19. The van der Waals surface area contributed by atoms with Crippen molar-refractivity contribution in [1.82, 2.24) is 4.98 Å². The number of hydrogen-bond acceptors (Lipinski definition) is 4. The first-order valence-corrected chi connectivity index (χ1v) is 5.84. The molecule has 2 unspecified atom stereocenters. The summed E-state index contributed by atoms with van der Waals surface area (Å²) in [6.07, 6.45) is 4.94. The Kier molecular flexibility index (Phi) is 3.15. The smallest absolute Gasteiger partial charge is 0.122 e. The van der Waals surface area contributed by atoms with E-state index in [1.54, 1.807) is 24.5 Å². The summed E-state index contributed by atoms with van der Waals surface area (Å²) in [5.41, 5.74) is 0. The van der Waals surface area contributed by atoms with Crippen molar-refractivity contribution in [2.45, 2.75) is 38.4 Å². The minimum Gasteiger partial charge on any atom is -0.388 e. The predicted molar refractivity (Wildman–Crippen MR) is 55.3 cm³/mol. The van der Waals surface area contributed by atoms with Crippen LogP contribution in [0.5, 0.6) is 0 Å². The number of hydrogen-bond donors (Lipinski definition) is 1. The fourth-order valence-corrected chi connectivity index (χ4v) is 2.52. The highest BCUT2D eigenvalue weighted by Crippen LogP contribution is 2.32. The molecule has 78 valence electrons. The maximum absolute atomic E-state index is 9.37. The molecule has 1 N–H and O–H groups in total. The van der Waals surface area contributed by atoms with Gasteiger partial charge < -0.3 is 9.84 Å². The standard InChI is InChI=1S/C10H15NO2S/c1-7(12)9-6-11-10(14-9)8-4-2-3-5-13-8/h6-8,12H,2-5H2,1H3. The summed E-state index contributed by atoms with van der Waals surface area (Å²) in [7, 11) is 0.